The van der Waals surface area contributed by atoms with Crippen molar-refractivity contribution in [3.8, 4) is 10.6 Å². The molecule has 0 radical (unpaired) electrons. The van der Waals surface area contributed by atoms with E-state index in [9.17, 15) is 14.4 Å². The lowest BCUT2D eigenvalue weighted by Gasteiger charge is -2.45. The second-order valence-electron chi connectivity index (χ2n) is 14.9. The summed E-state index contributed by atoms with van der Waals surface area (Å²) >= 11 is 1.60. The fourth-order valence-electron chi connectivity index (χ4n) is 6.31. The van der Waals surface area contributed by atoms with Crippen LogP contribution in [0.1, 0.15) is 90.2 Å². The topological polar surface area (TPSA) is 91.4 Å². The summed E-state index contributed by atoms with van der Waals surface area (Å²) in [5.74, 6) is -0.603. The molecule has 1 aromatic heterocycles. The van der Waals surface area contributed by atoms with Gasteiger partial charge in [-0.2, -0.15) is 0 Å². The number of hydrogen-bond donors (Lipinski definition) is 2. The zero-order chi connectivity index (χ0) is 32.0. The van der Waals surface area contributed by atoms with Crippen LogP contribution in [0.4, 0.5) is 0 Å². The van der Waals surface area contributed by atoms with E-state index in [4.69, 9.17) is 4.98 Å². The van der Waals surface area contributed by atoms with Gasteiger partial charge in [-0.25, -0.2) is 4.98 Å². The van der Waals surface area contributed by atoms with Crippen LogP contribution in [-0.2, 0) is 32.6 Å². The molecule has 1 aliphatic carbocycles. The molecule has 2 aromatic carbocycles. The van der Waals surface area contributed by atoms with Crippen LogP contribution in [0.2, 0.25) is 0 Å². The Morgan fingerprint density at radius 2 is 1.61 bits per heavy atom. The van der Waals surface area contributed by atoms with E-state index in [-0.39, 0.29) is 35.0 Å². The van der Waals surface area contributed by atoms with Gasteiger partial charge in [0, 0.05) is 21.9 Å². The Hall–Kier alpha value is -3.52. The van der Waals surface area contributed by atoms with Crippen LogP contribution in [-0.4, -0.2) is 45.2 Å². The lowest BCUT2D eigenvalue weighted by molar-refractivity contribution is -0.158. The monoisotopic (exact) mass is 614 g/mol. The summed E-state index contributed by atoms with van der Waals surface area (Å²) in [6, 6.07) is 13.6. The van der Waals surface area contributed by atoms with Crippen LogP contribution in [0.15, 0.2) is 53.9 Å². The molecule has 1 unspecified atom stereocenters. The zero-order valence-corrected chi connectivity index (χ0v) is 28.0. The molecule has 2 aliphatic rings. The fourth-order valence-corrected chi connectivity index (χ4v) is 7.36. The van der Waals surface area contributed by atoms with Gasteiger partial charge in [0.2, 0.25) is 17.7 Å². The van der Waals surface area contributed by atoms with Gasteiger partial charge in [-0.1, -0.05) is 83.1 Å². The third kappa shape index (κ3) is 6.75. The van der Waals surface area contributed by atoms with Gasteiger partial charge in [0.05, 0.1) is 5.69 Å². The number of carbonyl (C=O) groups is 3. The van der Waals surface area contributed by atoms with E-state index in [1.165, 1.54) is 11.1 Å². The molecule has 8 heteroatoms. The molecule has 3 atom stereocenters. The lowest BCUT2D eigenvalue weighted by atomic mass is 9.87. The van der Waals surface area contributed by atoms with Crippen LogP contribution in [0.5, 0.6) is 0 Å². The van der Waals surface area contributed by atoms with Gasteiger partial charge in [0.15, 0.2) is 0 Å². The third-order valence-electron chi connectivity index (χ3n) is 8.48. The molecule has 3 aromatic rings. The van der Waals surface area contributed by atoms with Crippen molar-refractivity contribution in [2.24, 2.45) is 11.8 Å². The zero-order valence-electron chi connectivity index (χ0n) is 27.2. The molecule has 1 saturated heterocycles. The minimum absolute atomic E-state index is 0.0529. The molecule has 7 nitrogen and oxygen atoms in total. The normalized spacial score (nSPS) is 20.1. The minimum atomic E-state index is -0.960. The molecule has 234 valence electrons. The molecular formula is C36H46N4O3S. The molecule has 2 N–H and O–H groups in total. The van der Waals surface area contributed by atoms with E-state index in [1.54, 1.807) is 16.2 Å². The highest BCUT2D eigenvalue weighted by atomic mass is 32.1. The van der Waals surface area contributed by atoms with Crippen LogP contribution in [0.3, 0.4) is 0 Å². The fraction of sp³-hybridized carbons (Fsp3) is 0.500. The first-order valence-electron chi connectivity index (χ1n) is 15.7. The van der Waals surface area contributed by atoms with Gasteiger partial charge < -0.3 is 15.5 Å². The second kappa shape index (κ2) is 12.1. The van der Waals surface area contributed by atoms with Gasteiger partial charge in [-0.05, 0) is 68.6 Å². The quantitative estimate of drug-likeness (QED) is 0.331. The van der Waals surface area contributed by atoms with E-state index >= 15 is 0 Å². The van der Waals surface area contributed by atoms with Crippen molar-refractivity contribution in [3.63, 3.8) is 0 Å². The molecule has 1 aliphatic heterocycles. The van der Waals surface area contributed by atoms with Crippen LogP contribution in [0, 0.1) is 11.8 Å². The second-order valence-corrected chi connectivity index (χ2v) is 15.7. The number of carbonyl (C=O) groups excluding carboxylic acids is 3. The predicted molar refractivity (Wildman–Crippen MR) is 176 cm³/mol. The summed E-state index contributed by atoms with van der Waals surface area (Å²) in [5, 5.41) is 9.21. The van der Waals surface area contributed by atoms with E-state index in [0.29, 0.717) is 24.8 Å². The number of fused-ring (bicyclic) bond motifs is 1. The molecule has 0 bridgehead atoms. The maximum atomic E-state index is 14.6. The first-order chi connectivity index (χ1) is 20.6. The number of thiazole rings is 1. The average molecular weight is 615 g/mol. The highest BCUT2D eigenvalue weighted by molar-refractivity contribution is 7.13. The van der Waals surface area contributed by atoms with E-state index in [2.05, 4.69) is 48.9 Å². The first-order valence-corrected chi connectivity index (χ1v) is 16.6. The van der Waals surface area contributed by atoms with Crippen molar-refractivity contribution in [2.75, 3.05) is 0 Å². The molecule has 44 heavy (non-hydrogen) atoms. The summed E-state index contributed by atoms with van der Waals surface area (Å²) in [4.78, 5) is 49.1. The van der Waals surface area contributed by atoms with Crippen LogP contribution in [0.25, 0.3) is 10.6 Å². The van der Waals surface area contributed by atoms with E-state index < -0.39 is 23.7 Å². The third-order valence-corrected chi connectivity index (χ3v) is 9.37. The Bertz CT molecular complexity index is 1500. The Labute approximate surface area is 265 Å². The number of hydrogen-bond acceptors (Lipinski definition) is 5. The molecule has 3 amide bonds. The molecule has 2 heterocycles. The number of amides is 3. The number of piperazine rings is 1. The van der Waals surface area contributed by atoms with Crippen LogP contribution < -0.4 is 10.6 Å². The summed E-state index contributed by atoms with van der Waals surface area (Å²) in [7, 11) is 0. The van der Waals surface area contributed by atoms with Crippen molar-refractivity contribution in [1.29, 1.82) is 0 Å². The highest BCUT2D eigenvalue weighted by Gasteiger charge is 2.49. The van der Waals surface area contributed by atoms with Crippen LogP contribution >= 0.6 is 11.3 Å². The lowest BCUT2D eigenvalue weighted by Crippen LogP contribution is -2.67. The number of benzene rings is 2. The maximum absolute atomic E-state index is 14.6. The van der Waals surface area contributed by atoms with Crippen molar-refractivity contribution in [2.45, 2.75) is 104 Å². The standard InChI is InChI=1S/C36H46N4O3S/c1-21(2)17-27-31(41)38-29(26-18-24-11-9-10-12-25(24)19-26)34(43)40(27)30(32(42)39-36(6,7)8)22-13-15-23(16-14-22)33-37-28(20-44-33)35(3,4)5/h9-16,20-21,26-27,29-30H,17-19H2,1-8H3,(H,38,41)(H,39,42)/t27-,29?,30-/m1/s1. The smallest absolute Gasteiger partial charge is 0.247 e. The molecule has 1 fully saturated rings. The predicted octanol–water partition coefficient (Wildman–Crippen LogP) is 6.22. The Balaban J connectivity index is 1.54. The summed E-state index contributed by atoms with van der Waals surface area (Å²) in [6.45, 7) is 16.3. The number of aromatic nitrogens is 1. The molecule has 5 rings (SSSR count). The van der Waals surface area contributed by atoms with Gasteiger partial charge in [0.1, 0.15) is 23.1 Å². The van der Waals surface area contributed by atoms with Gasteiger partial charge >= 0.3 is 0 Å². The number of nitrogens with one attached hydrogen (secondary N) is 2. The summed E-state index contributed by atoms with van der Waals surface area (Å²) in [5.41, 5.74) is 4.50. The minimum Gasteiger partial charge on any atom is -0.349 e. The maximum Gasteiger partial charge on any atom is 0.247 e. The molecular weight excluding hydrogens is 568 g/mol. The summed E-state index contributed by atoms with van der Waals surface area (Å²) < 4.78 is 0. The van der Waals surface area contributed by atoms with Gasteiger partial charge in [-0.15, -0.1) is 11.3 Å². The van der Waals surface area contributed by atoms with Crippen molar-refractivity contribution in [3.05, 3.63) is 76.3 Å². The van der Waals surface area contributed by atoms with Gasteiger partial charge in [-0.3, -0.25) is 14.4 Å². The van der Waals surface area contributed by atoms with E-state index in [1.807, 2.05) is 71.0 Å². The summed E-state index contributed by atoms with van der Waals surface area (Å²) in [6.07, 6.45) is 1.89. The number of nitrogens with zero attached hydrogens (tertiary/aromatic N) is 2. The highest BCUT2D eigenvalue weighted by Crippen LogP contribution is 2.37. The van der Waals surface area contributed by atoms with E-state index in [0.717, 1.165) is 16.3 Å². The van der Waals surface area contributed by atoms with Crippen molar-refractivity contribution in [1.82, 2.24) is 20.5 Å². The van der Waals surface area contributed by atoms with Crippen molar-refractivity contribution < 1.29 is 14.4 Å². The first kappa shape index (κ1) is 31.9. The van der Waals surface area contributed by atoms with Gasteiger partial charge in [0.25, 0.3) is 0 Å². The molecule has 0 saturated carbocycles. The number of rotatable bonds is 7. The largest absolute Gasteiger partial charge is 0.349 e. The SMILES string of the molecule is CC(C)C[C@@H]1C(=O)NC(C2Cc3ccccc3C2)C(=O)N1[C@@H](C(=O)NC(C)(C)C)c1ccc(-c2nc(C(C)(C)C)cs2)cc1. The van der Waals surface area contributed by atoms with Crippen molar-refractivity contribution >= 4 is 29.1 Å². The molecule has 0 spiro atoms. The Morgan fingerprint density at radius 3 is 2.14 bits per heavy atom. The Kier molecular flexibility index (Phi) is 8.78. The Morgan fingerprint density at radius 1 is 1.00 bits per heavy atom. The average Bonchev–Trinajstić information content (AvgIpc) is 3.59.